The predicted molar refractivity (Wildman–Crippen MR) is 92.3 cm³/mol. The SMILES string of the molecule is Cc1c(C)n(C[C@H](O)CNC2CCCCC2)c2ccc(F)cc12. The summed E-state index contributed by atoms with van der Waals surface area (Å²) in [5.74, 6) is -0.211. The Balaban J connectivity index is 1.69. The van der Waals surface area contributed by atoms with Gasteiger partial charge in [-0.15, -0.1) is 0 Å². The number of aliphatic hydroxyl groups is 1. The number of nitrogens with one attached hydrogen (secondary N) is 1. The van der Waals surface area contributed by atoms with Crippen LogP contribution in [0.15, 0.2) is 18.2 Å². The Kier molecular flexibility index (Phi) is 5.02. The topological polar surface area (TPSA) is 37.2 Å². The molecule has 0 bridgehead atoms. The molecule has 1 aromatic heterocycles. The second kappa shape index (κ2) is 7.02. The van der Waals surface area contributed by atoms with Crippen molar-refractivity contribution in [1.82, 2.24) is 9.88 Å². The first-order valence-corrected chi connectivity index (χ1v) is 8.72. The van der Waals surface area contributed by atoms with E-state index in [1.165, 1.54) is 38.2 Å². The highest BCUT2D eigenvalue weighted by molar-refractivity contribution is 5.85. The highest BCUT2D eigenvalue weighted by atomic mass is 19.1. The minimum Gasteiger partial charge on any atom is -0.390 e. The molecule has 4 heteroatoms. The van der Waals surface area contributed by atoms with E-state index in [2.05, 4.69) is 9.88 Å². The average molecular weight is 318 g/mol. The molecule has 3 rings (SSSR count). The lowest BCUT2D eigenvalue weighted by molar-refractivity contribution is 0.145. The summed E-state index contributed by atoms with van der Waals surface area (Å²) >= 11 is 0. The number of hydrogen-bond acceptors (Lipinski definition) is 2. The van der Waals surface area contributed by atoms with Gasteiger partial charge in [0.2, 0.25) is 0 Å². The predicted octanol–water partition coefficient (Wildman–Crippen LogP) is 3.68. The Morgan fingerprint density at radius 3 is 2.74 bits per heavy atom. The molecule has 0 radical (unpaired) electrons. The summed E-state index contributed by atoms with van der Waals surface area (Å²) in [6.45, 7) is 5.21. The molecule has 0 amide bonds. The molecule has 1 aliphatic rings. The maximum absolute atomic E-state index is 13.5. The number of benzene rings is 1. The van der Waals surface area contributed by atoms with Gasteiger partial charge in [0.25, 0.3) is 0 Å². The molecule has 0 aliphatic heterocycles. The third-order valence-corrected chi connectivity index (χ3v) is 5.24. The van der Waals surface area contributed by atoms with Crippen molar-refractivity contribution in [3.63, 3.8) is 0 Å². The number of rotatable bonds is 5. The van der Waals surface area contributed by atoms with E-state index in [-0.39, 0.29) is 5.82 Å². The van der Waals surface area contributed by atoms with E-state index in [0.29, 0.717) is 19.1 Å². The van der Waals surface area contributed by atoms with E-state index in [4.69, 9.17) is 0 Å². The lowest BCUT2D eigenvalue weighted by Crippen LogP contribution is -2.38. The number of aromatic nitrogens is 1. The van der Waals surface area contributed by atoms with Crippen LogP contribution in [0.25, 0.3) is 10.9 Å². The van der Waals surface area contributed by atoms with Crippen LogP contribution in [0.4, 0.5) is 4.39 Å². The summed E-state index contributed by atoms with van der Waals surface area (Å²) in [5.41, 5.74) is 3.19. The smallest absolute Gasteiger partial charge is 0.123 e. The van der Waals surface area contributed by atoms with E-state index in [1.54, 1.807) is 6.07 Å². The van der Waals surface area contributed by atoms with Crippen molar-refractivity contribution in [1.29, 1.82) is 0 Å². The average Bonchev–Trinajstić information content (AvgIpc) is 2.79. The minimum absolute atomic E-state index is 0.211. The summed E-state index contributed by atoms with van der Waals surface area (Å²) < 4.78 is 15.6. The van der Waals surface area contributed by atoms with Crippen molar-refractivity contribution in [2.24, 2.45) is 0 Å². The van der Waals surface area contributed by atoms with Gasteiger partial charge in [0.15, 0.2) is 0 Å². The molecule has 126 valence electrons. The van der Waals surface area contributed by atoms with Crippen LogP contribution in [-0.4, -0.2) is 28.4 Å². The zero-order valence-electron chi connectivity index (χ0n) is 14.1. The maximum Gasteiger partial charge on any atom is 0.123 e. The first-order chi connectivity index (χ1) is 11.1. The van der Waals surface area contributed by atoms with Crippen LogP contribution in [0.5, 0.6) is 0 Å². The van der Waals surface area contributed by atoms with Crippen LogP contribution in [0, 0.1) is 19.7 Å². The number of halogens is 1. The second-order valence-electron chi connectivity index (χ2n) is 6.88. The minimum atomic E-state index is -0.435. The van der Waals surface area contributed by atoms with Crippen LogP contribution >= 0.6 is 0 Å². The Hall–Kier alpha value is -1.39. The van der Waals surface area contributed by atoms with Gasteiger partial charge in [-0.2, -0.15) is 0 Å². The van der Waals surface area contributed by atoms with Crippen LogP contribution in [0.3, 0.4) is 0 Å². The van der Waals surface area contributed by atoms with Gasteiger partial charge in [-0.3, -0.25) is 0 Å². The molecule has 1 aliphatic carbocycles. The third-order valence-electron chi connectivity index (χ3n) is 5.24. The molecule has 1 atom stereocenters. The monoisotopic (exact) mass is 318 g/mol. The largest absolute Gasteiger partial charge is 0.390 e. The molecule has 3 nitrogen and oxygen atoms in total. The zero-order valence-corrected chi connectivity index (χ0v) is 14.1. The normalized spacial score (nSPS) is 17.7. The molecule has 0 saturated heterocycles. The van der Waals surface area contributed by atoms with Gasteiger partial charge in [0.05, 0.1) is 12.6 Å². The molecule has 23 heavy (non-hydrogen) atoms. The van der Waals surface area contributed by atoms with E-state index in [0.717, 1.165) is 22.2 Å². The Labute approximate surface area is 137 Å². The first-order valence-electron chi connectivity index (χ1n) is 8.72. The van der Waals surface area contributed by atoms with Gasteiger partial charge in [0.1, 0.15) is 5.82 Å². The summed E-state index contributed by atoms with van der Waals surface area (Å²) in [4.78, 5) is 0. The molecule has 1 heterocycles. The summed E-state index contributed by atoms with van der Waals surface area (Å²) in [6, 6.07) is 5.44. The summed E-state index contributed by atoms with van der Waals surface area (Å²) in [7, 11) is 0. The number of hydrogen-bond donors (Lipinski definition) is 2. The number of aryl methyl sites for hydroxylation is 1. The fourth-order valence-electron chi connectivity index (χ4n) is 3.74. The van der Waals surface area contributed by atoms with E-state index < -0.39 is 6.10 Å². The van der Waals surface area contributed by atoms with Crippen LogP contribution in [-0.2, 0) is 6.54 Å². The highest BCUT2D eigenvalue weighted by Crippen LogP contribution is 2.26. The van der Waals surface area contributed by atoms with E-state index >= 15 is 0 Å². The lowest BCUT2D eigenvalue weighted by atomic mass is 9.95. The van der Waals surface area contributed by atoms with Crippen LogP contribution < -0.4 is 5.32 Å². The third kappa shape index (κ3) is 3.59. The maximum atomic E-state index is 13.5. The van der Waals surface area contributed by atoms with Gasteiger partial charge in [-0.1, -0.05) is 19.3 Å². The van der Waals surface area contributed by atoms with Gasteiger partial charge < -0.3 is 15.0 Å². The fraction of sp³-hybridized carbons (Fsp3) is 0.579. The summed E-state index contributed by atoms with van der Waals surface area (Å²) in [6.07, 6.45) is 5.92. The zero-order chi connectivity index (χ0) is 16.4. The Bertz CT molecular complexity index is 674. The molecule has 1 aromatic carbocycles. The van der Waals surface area contributed by atoms with Crippen molar-refractivity contribution in [3.05, 3.63) is 35.3 Å². The molecule has 0 spiro atoms. The van der Waals surface area contributed by atoms with Crippen LogP contribution in [0.2, 0.25) is 0 Å². The lowest BCUT2D eigenvalue weighted by Gasteiger charge is -2.24. The van der Waals surface area contributed by atoms with Crippen molar-refractivity contribution in [2.45, 2.75) is 64.6 Å². The molecular formula is C19H27FN2O. The second-order valence-corrected chi connectivity index (χ2v) is 6.88. The number of fused-ring (bicyclic) bond motifs is 1. The Morgan fingerprint density at radius 1 is 1.26 bits per heavy atom. The number of nitrogens with zero attached hydrogens (tertiary/aromatic N) is 1. The Morgan fingerprint density at radius 2 is 2.00 bits per heavy atom. The van der Waals surface area contributed by atoms with Gasteiger partial charge in [0, 0.05) is 29.2 Å². The molecular weight excluding hydrogens is 291 g/mol. The van der Waals surface area contributed by atoms with E-state index in [1.807, 2.05) is 19.9 Å². The molecule has 0 unspecified atom stereocenters. The molecule has 1 fully saturated rings. The van der Waals surface area contributed by atoms with Crippen molar-refractivity contribution >= 4 is 10.9 Å². The van der Waals surface area contributed by atoms with Gasteiger partial charge in [-0.05, 0) is 50.5 Å². The highest BCUT2D eigenvalue weighted by Gasteiger charge is 2.17. The van der Waals surface area contributed by atoms with Gasteiger partial charge >= 0.3 is 0 Å². The number of aliphatic hydroxyl groups excluding tert-OH is 1. The van der Waals surface area contributed by atoms with Gasteiger partial charge in [-0.25, -0.2) is 4.39 Å². The van der Waals surface area contributed by atoms with Crippen molar-refractivity contribution in [2.75, 3.05) is 6.54 Å². The summed E-state index contributed by atoms with van der Waals surface area (Å²) in [5, 5.41) is 14.9. The fourth-order valence-corrected chi connectivity index (χ4v) is 3.74. The van der Waals surface area contributed by atoms with Crippen molar-refractivity contribution < 1.29 is 9.50 Å². The molecule has 2 N–H and O–H groups in total. The van der Waals surface area contributed by atoms with Crippen molar-refractivity contribution in [3.8, 4) is 0 Å². The first kappa shape index (κ1) is 16.5. The quantitative estimate of drug-likeness (QED) is 0.882. The molecule has 2 aromatic rings. The standard InChI is InChI=1S/C19H27FN2O/c1-13-14(2)22(19-9-8-15(20)10-18(13)19)12-17(23)11-21-16-6-4-3-5-7-16/h8-10,16-17,21,23H,3-7,11-12H2,1-2H3/t17-/m1/s1. The molecule has 1 saturated carbocycles. The van der Waals surface area contributed by atoms with E-state index in [9.17, 15) is 9.50 Å². The van der Waals surface area contributed by atoms with Crippen LogP contribution in [0.1, 0.15) is 43.4 Å².